The standard InChI is InChI=1S/C49H37N/c1-49(2)46-24-10-8-23-44(46)45-29-28-42(33-47(45)49)50(41-21-13-19-38(32-41)39-27-26-35-16-6-7-17-36(35)30-39)48-25-11-9-22-43(48)40-20-12-18-37(31-40)34-14-4-3-5-15-34/h3-33H,1-2H3. The normalized spacial score (nSPS) is 12.8. The molecule has 8 aromatic rings. The number of anilines is 3. The van der Waals surface area contributed by atoms with Crippen molar-refractivity contribution in [2.24, 2.45) is 0 Å². The number of fused-ring (bicyclic) bond motifs is 4. The molecule has 1 aliphatic rings. The first-order chi connectivity index (χ1) is 24.5. The highest BCUT2D eigenvalue weighted by Crippen LogP contribution is 2.51. The van der Waals surface area contributed by atoms with Gasteiger partial charge in [0.1, 0.15) is 0 Å². The minimum atomic E-state index is -0.107. The van der Waals surface area contributed by atoms with Crippen molar-refractivity contribution < 1.29 is 0 Å². The van der Waals surface area contributed by atoms with Gasteiger partial charge < -0.3 is 4.90 Å². The van der Waals surface area contributed by atoms with Crippen LogP contribution in [0.3, 0.4) is 0 Å². The van der Waals surface area contributed by atoms with Crippen LogP contribution in [0.5, 0.6) is 0 Å². The van der Waals surface area contributed by atoms with Crippen molar-refractivity contribution in [1.29, 1.82) is 0 Å². The lowest BCUT2D eigenvalue weighted by Crippen LogP contribution is -2.17. The zero-order chi connectivity index (χ0) is 33.7. The van der Waals surface area contributed by atoms with Crippen LogP contribution in [0.15, 0.2) is 188 Å². The Labute approximate surface area is 294 Å². The fourth-order valence-corrected chi connectivity index (χ4v) is 7.86. The third kappa shape index (κ3) is 5.11. The lowest BCUT2D eigenvalue weighted by atomic mass is 9.82. The molecule has 9 rings (SSSR count). The molecule has 0 saturated heterocycles. The quantitative estimate of drug-likeness (QED) is 0.175. The first-order valence-electron chi connectivity index (χ1n) is 17.4. The molecular weight excluding hydrogens is 603 g/mol. The Morgan fingerprint density at radius 3 is 1.80 bits per heavy atom. The van der Waals surface area contributed by atoms with Crippen molar-refractivity contribution >= 4 is 27.8 Å². The van der Waals surface area contributed by atoms with E-state index < -0.39 is 0 Å². The van der Waals surface area contributed by atoms with Crippen molar-refractivity contribution in [1.82, 2.24) is 0 Å². The fraction of sp³-hybridized carbons (Fsp3) is 0.0612. The molecule has 0 aromatic heterocycles. The Kier molecular flexibility index (Phi) is 7.21. The summed E-state index contributed by atoms with van der Waals surface area (Å²) < 4.78 is 0. The third-order valence-electron chi connectivity index (χ3n) is 10.4. The molecule has 1 nitrogen and oxygen atoms in total. The van der Waals surface area contributed by atoms with Gasteiger partial charge in [-0.3, -0.25) is 0 Å². The summed E-state index contributed by atoms with van der Waals surface area (Å²) in [6.45, 7) is 4.71. The van der Waals surface area contributed by atoms with Gasteiger partial charge in [0.2, 0.25) is 0 Å². The summed E-state index contributed by atoms with van der Waals surface area (Å²) in [5, 5.41) is 2.50. The highest BCUT2D eigenvalue weighted by atomic mass is 15.1. The number of rotatable bonds is 6. The third-order valence-corrected chi connectivity index (χ3v) is 10.4. The highest BCUT2D eigenvalue weighted by molar-refractivity contribution is 5.93. The second kappa shape index (κ2) is 12.1. The van der Waals surface area contributed by atoms with Gasteiger partial charge in [0.05, 0.1) is 5.69 Å². The maximum Gasteiger partial charge on any atom is 0.0540 e. The average Bonchev–Trinajstić information content (AvgIpc) is 3.41. The zero-order valence-corrected chi connectivity index (χ0v) is 28.3. The summed E-state index contributed by atoms with van der Waals surface area (Å²) >= 11 is 0. The van der Waals surface area contributed by atoms with Gasteiger partial charge in [-0.2, -0.15) is 0 Å². The second-order valence-electron chi connectivity index (χ2n) is 13.8. The predicted octanol–water partition coefficient (Wildman–Crippen LogP) is 13.6. The van der Waals surface area contributed by atoms with Crippen LogP contribution >= 0.6 is 0 Å². The molecule has 50 heavy (non-hydrogen) atoms. The molecular formula is C49H37N. The van der Waals surface area contributed by atoms with Crippen LogP contribution in [-0.4, -0.2) is 0 Å². The van der Waals surface area contributed by atoms with E-state index in [1.165, 1.54) is 66.4 Å². The van der Waals surface area contributed by atoms with Gasteiger partial charge in [-0.25, -0.2) is 0 Å². The molecule has 0 unspecified atom stereocenters. The average molecular weight is 640 g/mol. The molecule has 0 radical (unpaired) electrons. The van der Waals surface area contributed by atoms with Crippen LogP contribution in [0, 0.1) is 0 Å². The Morgan fingerprint density at radius 1 is 0.340 bits per heavy atom. The zero-order valence-electron chi connectivity index (χ0n) is 28.3. The summed E-state index contributed by atoms with van der Waals surface area (Å²) in [5.74, 6) is 0. The van der Waals surface area contributed by atoms with Gasteiger partial charge >= 0.3 is 0 Å². The highest BCUT2D eigenvalue weighted by Gasteiger charge is 2.35. The lowest BCUT2D eigenvalue weighted by molar-refractivity contribution is 0.660. The summed E-state index contributed by atoms with van der Waals surface area (Å²) in [6, 6.07) is 68.7. The van der Waals surface area contributed by atoms with Crippen molar-refractivity contribution in [2.45, 2.75) is 19.3 Å². The van der Waals surface area contributed by atoms with Crippen LogP contribution in [0.4, 0.5) is 17.1 Å². The molecule has 0 N–H and O–H groups in total. The van der Waals surface area contributed by atoms with Gasteiger partial charge in [0, 0.05) is 22.4 Å². The van der Waals surface area contributed by atoms with E-state index in [1.807, 2.05) is 0 Å². The van der Waals surface area contributed by atoms with E-state index in [0.717, 1.165) is 17.1 Å². The van der Waals surface area contributed by atoms with Crippen molar-refractivity contribution in [3.05, 3.63) is 199 Å². The van der Waals surface area contributed by atoms with Gasteiger partial charge in [-0.15, -0.1) is 0 Å². The van der Waals surface area contributed by atoms with E-state index in [0.29, 0.717) is 0 Å². The maximum atomic E-state index is 2.45. The SMILES string of the molecule is CC1(C)c2ccccc2-c2ccc(N(c3cccc(-c4ccc5ccccc5c4)c3)c3ccccc3-c3cccc(-c4ccccc4)c3)cc21. The minimum absolute atomic E-state index is 0.107. The number of hydrogen-bond donors (Lipinski definition) is 0. The largest absolute Gasteiger partial charge is 0.310 e. The molecule has 0 spiro atoms. The van der Waals surface area contributed by atoms with Crippen LogP contribution in [0.25, 0.3) is 55.3 Å². The number of benzene rings is 8. The van der Waals surface area contributed by atoms with Crippen LogP contribution in [0.2, 0.25) is 0 Å². The first kappa shape index (κ1) is 29.9. The molecule has 238 valence electrons. The number of para-hydroxylation sites is 1. The van der Waals surface area contributed by atoms with E-state index in [9.17, 15) is 0 Å². The van der Waals surface area contributed by atoms with Crippen molar-refractivity contribution in [3.8, 4) is 44.5 Å². The summed E-state index contributed by atoms with van der Waals surface area (Å²) in [6.07, 6.45) is 0. The van der Waals surface area contributed by atoms with Crippen LogP contribution in [0.1, 0.15) is 25.0 Å². The van der Waals surface area contributed by atoms with Crippen molar-refractivity contribution in [2.75, 3.05) is 4.90 Å². The molecule has 8 aromatic carbocycles. The summed E-state index contributed by atoms with van der Waals surface area (Å²) in [5.41, 5.74) is 15.9. The fourth-order valence-electron chi connectivity index (χ4n) is 7.86. The van der Waals surface area contributed by atoms with E-state index in [4.69, 9.17) is 0 Å². The molecule has 0 atom stereocenters. The summed E-state index contributed by atoms with van der Waals surface area (Å²) in [7, 11) is 0. The Morgan fingerprint density at radius 2 is 0.940 bits per heavy atom. The molecule has 0 saturated carbocycles. The predicted molar refractivity (Wildman–Crippen MR) is 213 cm³/mol. The second-order valence-corrected chi connectivity index (χ2v) is 13.8. The topological polar surface area (TPSA) is 3.24 Å². The number of hydrogen-bond acceptors (Lipinski definition) is 1. The van der Waals surface area contributed by atoms with Gasteiger partial charge in [0.25, 0.3) is 0 Å². The monoisotopic (exact) mass is 639 g/mol. The van der Waals surface area contributed by atoms with Gasteiger partial charge in [-0.1, -0.05) is 159 Å². The molecule has 0 bridgehead atoms. The van der Waals surface area contributed by atoms with Gasteiger partial charge in [0.15, 0.2) is 0 Å². The molecule has 0 heterocycles. The lowest BCUT2D eigenvalue weighted by Gasteiger charge is -2.30. The minimum Gasteiger partial charge on any atom is -0.310 e. The Hall–Kier alpha value is -6.18. The molecule has 0 amide bonds. The molecule has 0 fully saturated rings. The summed E-state index contributed by atoms with van der Waals surface area (Å²) in [4.78, 5) is 2.45. The van der Waals surface area contributed by atoms with E-state index in [-0.39, 0.29) is 5.41 Å². The van der Waals surface area contributed by atoms with E-state index in [1.54, 1.807) is 0 Å². The van der Waals surface area contributed by atoms with Crippen LogP contribution in [-0.2, 0) is 5.41 Å². The molecule has 1 aliphatic carbocycles. The van der Waals surface area contributed by atoms with Crippen molar-refractivity contribution in [3.63, 3.8) is 0 Å². The Balaban J connectivity index is 1.24. The van der Waals surface area contributed by atoms with E-state index >= 15 is 0 Å². The Bertz CT molecular complexity index is 2520. The number of nitrogens with zero attached hydrogens (tertiary/aromatic N) is 1. The first-order valence-corrected chi connectivity index (χ1v) is 17.4. The van der Waals surface area contributed by atoms with E-state index in [2.05, 4.69) is 207 Å². The molecule has 0 aliphatic heterocycles. The molecule has 1 heteroatoms. The van der Waals surface area contributed by atoms with Gasteiger partial charge in [-0.05, 0) is 103 Å². The smallest absolute Gasteiger partial charge is 0.0540 e. The van der Waals surface area contributed by atoms with Crippen LogP contribution < -0.4 is 4.90 Å². The maximum absolute atomic E-state index is 2.45.